The van der Waals surface area contributed by atoms with Gasteiger partial charge in [-0.05, 0) is 12.1 Å². The maximum atomic E-state index is 9.81. The van der Waals surface area contributed by atoms with Crippen LogP contribution in [0.3, 0.4) is 0 Å². The van der Waals surface area contributed by atoms with Gasteiger partial charge >= 0.3 is 0 Å². The van der Waals surface area contributed by atoms with Crippen LogP contribution in [0.4, 0.5) is 0 Å². The highest BCUT2D eigenvalue weighted by atomic mass is 16.3. The standard InChI is InChI=1S/C12H13N3O/c16-11-4-2-1-3-10(11)12-14-8-9-7-13-5-6-15(9)12/h1-4,8,13,16H,5-7H2. The first-order valence-electron chi connectivity index (χ1n) is 5.40. The van der Waals surface area contributed by atoms with E-state index >= 15 is 0 Å². The van der Waals surface area contributed by atoms with Crippen molar-refractivity contribution in [3.05, 3.63) is 36.2 Å². The molecule has 0 bridgehead atoms. The molecule has 0 unspecified atom stereocenters. The number of imidazole rings is 1. The number of rotatable bonds is 1. The molecule has 0 amide bonds. The summed E-state index contributed by atoms with van der Waals surface area (Å²) < 4.78 is 2.16. The molecular weight excluding hydrogens is 202 g/mol. The van der Waals surface area contributed by atoms with E-state index in [1.54, 1.807) is 6.07 Å². The zero-order valence-corrected chi connectivity index (χ0v) is 8.85. The summed E-state index contributed by atoms with van der Waals surface area (Å²) in [6.45, 7) is 2.70. The molecule has 0 spiro atoms. The first kappa shape index (κ1) is 9.42. The lowest BCUT2D eigenvalue weighted by molar-refractivity contribution is 0.474. The molecule has 0 atom stereocenters. The molecule has 2 aromatic rings. The van der Waals surface area contributed by atoms with Crippen molar-refractivity contribution >= 4 is 0 Å². The van der Waals surface area contributed by atoms with Crippen molar-refractivity contribution in [3.8, 4) is 17.1 Å². The van der Waals surface area contributed by atoms with E-state index in [-0.39, 0.29) is 5.75 Å². The Kier molecular flexibility index (Phi) is 2.15. The Bertz CT molecular complexity index is 519. The van der Waals surface area contributed by atoms with Crippen molar-refractivity contribution in [2.45, 2.75) is 13.1 Å². The van der Waals surface area contributed by atoms with Crippen molar-refractivity contribution < 1.29 is 5.11 Å². The molecule has 4 heteroatoms. The van der Waals surface area contributed by atoms with Crippen molar-refractivity contribution in [2.24, 2.45) is 0 Å². The Labute approximate surface area is 93.6 Å². The van der Waals surface area contributed by atoms with E-state index < -0.39 is 0 Å². The second-order valence-electron chi connectivity index (χ2n) is 3.92. The van der Waals surface area contributed by atoms with Gasteiger partial charge in [-0.3, -0.25) is 0 Å². The molecule has 1 aliphatic heterocycles. The maximum absolute atomic E-state index is 9.81. The van der Waals surface area contributed by atoms with Crippen molar-refractivity contribution in [3.63, 3.8) is 0 Å². The largest absolute Gasteiger partial charge is 0.507 e. The van der Waals surface area contributed by atoms with Crippen LogP contribution in [-0.4, -0.2) is 21.2 Å². The lowest BCUT2D eigenvalue weighted by Gasteiger charge is -2.18. The fraction of sp³-hybridized carbons (Fsp3) is 0.250. The summed E-state index contributed by atoms with van der Waals surface area (Å²) in [5.74, 6) is 1.14. The third-order valence-corrected chi connectivity index (χ3v) is 2.90. The molecule has 0 aliphatic carbocycles. The summed E-state index contributed by atoms with van der Waals surface area (Å²) in [7, 11) is 0. The molecule has 2 heterocycles. The minimum atomic E-state index is 0.287. The van der Waals surface area contributed by atoms with E-state index in [0.717, 1.165) is 31.0 Å². The van der Waals surface area contributed by atoms with Crippen LogP contribution >= 0.6 is 0 Å². The summed E-state index contributed by atoms with van der Waals surface area (Å²) in [4.78, 5) is 4.39. The molecule has 1 aliphatic rings. The van der Waals surface area contributed by atoms with Crippen LogP contribution in [0, 0.1) is 0 Å². The topological polar surface area (TPSA) is 50.1 Å². The Hall–Kier alpha value is -1.81. The zero-order valence-electron chi connectivity index (χ0n) is 8.85. The van der Waals surface area contributed by atoms with Gasteiger partial charge < -0.3 is 15.0 Å². The third-order valence-electron chi connectivity index (χ3n) is 2.90. The minimum Gasteiger partial charge on any atom is -0.507 e. The Morgan fingerprint density at radius 3 is 3.06 bits per heavy atom. The van der Waals surface area contributed by atoms with Gasteiger partial charge in [0.25, 0.3) is 0 Å². The molecule has 0 fully saturated rings. The Morgan fingerprint density at radius 1 is 1.31 bits per heavy atom. The number of nitrogens with zero attached hydrogens (tertiary/aromatic N) is 2. The zero-order chi connectivity index (χ0) is 11.0. The number of phenols is 1. The van der Waals surface area contributed by atoms with Crippen LogP contribution in [0.1, 0.15) is 5.69 Å². The van der Waals surface area contributed by atoms with Gasteiger partial charge in [0.15, 0.2) is 0 Å². The predicted molar refractivity (Wildman–Crippen MR) is 61.0 cm³/mol. The fourth-order valence-electron chi connectivity index (χ4n) is 2.09. The van der Waals surface area contributed by atoms with Gasteiger partial charge in [-0.15, -0.1) is 0 Å². The van der Waals surface area contributed by atoms with Gasteiger partial charge in [-0.1, -0.05) is 12.1 Å². The van der Waals surface area contributed by atoms with Crippen LogP contribution in [0.5, 0.6) is 5.75 Å². The van der Waals surface area contributed by atoms with Crippen molar-refractivity contribution in [2.75, 3.05) is 6.54 Å². The van der Waals surface area contributed by atoms with Gasteiger partial charge in [0.05, 0.1) is 17.5 Å². The maximum Gasteiger partial charge on any atom is 0.143 e. The molecule has 16 heavy (non-hydrogen) atoms. The monoisotopic (exact) mass is 215 g/mol. The number of nitrogens with one attached hydrogen (secondary N) is 1. The predicted octanol–water partition coefficient (Wildman–Crippen LogP) is 1.36. The van der Waals surface area contributed by atoms with E-state index in [9.17, 15) is 5.11 Å². The summed E-state index contributed by atoms with van der Waals surface area (Å²) in [5, 5.41) is 13.1. The van der Waals surface area contributed by atoms with Crippen LogP contribution < -0.4 is 5.32 Å². The molecule has 0 radical (unpaired) electrons. The van der Waals surface area contributed by atoms with Crippen LogP contribution in [0.25, 0.3) is 11.4 Å². The highest BCUT2D eigenvalue weighted by Crippen LogP contribution is 2.28. The van der Waals surface area contributed by atoms with Gasteiger partial charge in [0.2, 0.25) is 0 Å². The first-order valence-corrected chi connectivity index (χ1v) is 5.40. The van der Waals surface area contributed by atoms with Crippen LogP contribution in [-0.2, 0) is 13.1 Å². The normalized spacial score (nSPS) is 14.8. The van der Waals surface area contributed by atoms with Crippen molar-refractivity contribution in [1.82, 2.24) is 14.9 Å². The van der Waals surface area contributed by atoms with E-state index in [1.165, 1.54) is 5.69 Å². The minimum absolute atomic E-state index is 0.287. The van der Waals surface area contributed by atoms with E-state index in [2.05, 4.69) is 14.9 Å². The first-order chi connectivity index (χ1) is 7.86. The van der Waals surface area contributed by atoms with Gasteiger partial charge in [0, 0.05) is 19.6 Å². The van der Waals surface area contributed by atoms with Gasteiger partial charge in [-0.25, -0.2) is 4.98 Å². The molecule has 4 nitrogen and oxygen atoms in total. The fourth-order valence-corrected chi connectivity index (χ4v) is 2.09. The number of fused-ring (bicyclic) bond motifs is 1. The number of phenolic OH excluding ortho intramolecular Hbond substituents is 1. The smallest absolute Gasteiger partial charge is 0.143 e. The SMILES string of the molecule is Oc1ccccc1-c1ncc2n1CCNC2. The second-order valence-corrected chi connectivity index (χ2v) is 3.92. The Balaban J connectivity index is 2.13. The molecule has 3 rings (SSSR count). The summed E-state index contributed by atoms with van der Waals surface area (Å²) in [6, 6.07) is 7.32. The van der Waals surface area contributed by atoms with Crippen LogP contribution in [0.2, 0.25) is 0 Å². The molecule has 0 saturated heterocycles. The molecule has 1 aromatic carbocycles. The molecule has 2 N–H and O–H groups in total. The van der Waals surface area contributed by atoms with E-state index in [0.29, 0.717) is 0 Å². The highest BCUT2D eigenvalue weighted by molar-refractivity contribution is 5.64. The Morgan fingerprint density at radius 2 is 2.19 bits per heavy atom. The number of aromatic hydroxyl groups is 1. The van der Waals surface area contributed by atoms with E-state index in [4.69, 9.17) is 0 Å². The quantitative estimate of drug-likeness (QED) is 0.755. The number of benzene rings is 1. The molecular formula is C12H13N3O. The van der Waals surface area contributed by atoms with Gasteiger partial charge in [-0.2, -0.15) is 0 Å². The lowest BCUT2D eigenvalue weighted by atomic mass is 10.2. The molecule has 1 aromatic heterocycles. The van der Waals surface area contributed by atoms with Crippen molar-refractivity contribution in [1.29, 1.82) is 0 Å². The number of hydrogen-bond acceptors (Lipinski definition) is 3. The number of para-hydroxylation sites is 1. The number of hydrogen-bond donors (Lipinski definition) is 2. The lowest BCUT2D eigenvalue weighted by Crippen LogP contribution is -2.27. The summed E-state index contributed by atoms with van der Waals surface area (Å²) in [5.41, 5.74) is 1.97. The average molecular weight is 215 g/mol. The molecule has 82 valence electrons. The second kappa shape index (κ2) is 3.64. The van der Waals surface area contributed by atoms with Gasteiger partial charge in [0.1, 0.15) is 11.6 Å². The van der Waals surface area contributed by atoms with Crippen LogP contribution in [0.15, 0.2) is 30.5 Å². The number of aromatic nitrogens is 2. The summed E-state index contributed by atoms with van der Waals surface area (Å²) in [6.07, 6.45) is 1.87. The summed E-state index contributed by atoms with van der Waals surface area (Å²) >= 11 is 0. The molecule has 0 saturated carbocycles. The average Bonchev–Trinajstić information content (AvgIpc) is 2.74. The highest BCUT2D eigenvalue weighted by Gasteiger charge is 2.16. The van der Waals surface area contributed by atoms with E-state index in [1.807, 2.05) is 24.4 Å². The third kappa shape index (κ3) is 1.39.